The van der Waals surface area contributed by atoms with Crippen LogP contribution < -0.4 is 16.1 Å². The summed E-state index contributed by atoms with van der Waals surface area (Å²) in [6.45, 7) is 9.58. The number of likely N-dealkylation sites (N-methyl/N-ethyl adjacent to an activating group) is 1. The van der Waals surface area contributed by atoms with Gasteiger partial charge in [-0.3, -0.25) is 9.59 Å². The summed E-state index contributed by atoms with van der Waals surface area (Å²) in [6, 6.07) is 9.28. The van der Waals surface area contributed by atoms with Gasteiger partial charge >= 0.3 is 0 Å². The lowest BCUT2D eigenvalue weighted by molar-refractivity contribution is -0.138. The number of nitrogens with two attached hydrogens (primary N) is 1. The average Bonchev–Trinajstić information content (AvgIpc) is 3.13. The second kappa shape index (κ2) is 9.53. The number of nitrogens with zero attached hydrogens (tertiary/aromatic N) is 2. The first-order chi connectivity index (χ1) is 14.7. The SMILES string of the molecule is CC(C)(C)OC=O.CN1CCN(c2cc(=O)c3scc(-c4cccc(N)c4)c3o2)CC1. The third kappa shape index (κ3) is 5.86. The van der Waals surface area contributed by atoms with Gasteiger partial charge in [0.2, 0.25) is 5.43 Å². The highest BCUT2D eigenvalue weighted by Crippen LogP contribution is 2.35. The van der Waals surface area contributed by atoms with Gasteiger partial charge in [-0.25, -0.2) is 0 Å². The van der Waals surface area contributed by atoms with Crippen LogP contribution in [0.2, 0.25) is 0 Å². The van der Waals surface area contributed by atoms with Gasteiger partial charge in [-0.05, 0) is 45.5 Å². The summed E-state index contributed by atoms with van der Waals surface area (Å²) in [5.41, 5.74) is 8.85. The average molecular weight is 444 g/mol. The minimum absolute atomic E-state index is 0.0188. The van der Waals surface area contributed by atoms with Gasteiger partial charge in [0.15, 0.2) is 11.5 Å². The zero-order valence-corrected chi connectivity index (χ0v) is 19.2. The molecule has 4 rings (SSSR count). The first kappa shape index (κ1) is 22.8. The summed E-state index contributed by atoms with van der Waals surface area (Å²) < 4.78 is 11.4. The van der Waals surface area contributed by atoms with Crippen molar-refractivity contribution in [3.63, 3.8) is 0 Å². The van der Waals surface area contributed by atoms with E-state index < -0.39 is 0 Å². The standard InChI is InChI=1S/C18H19N3O2S.C5H10O2/c1-20-5-7-21(8-6-20)16-10-15(22)18-17(23-16)14(11-24-18)12-3-2-4-13(19)9-12;1-5(2,3)7-4-6/h2-4,9-11H,5-8,19H2,1H3;4H,1-3H3. The van der Waals surface area contributed by atoms with Crippen LogP contribution in [0.3, 0.4) is 0 Å². The van der Waals surface area contributed by atoms with Gasteiger partial charge in [0.05, 0.1) is 0 Å². The molecule has 1 aliphatic rings. The highest BCUT2D eigenvalue weighted by atomic mass is 32.1. The molecule has 31 heavy (non-hydrogen) atoms. The fraction of sp³-hybridized carbons (Fsp3) is 0.391. The Morgan fingerprint density at radius 1 is 1.16 bits per heavy atom. The zero-order chi connectivity index (χ0) is 22.6. The number of fused-ring (bicyclic) bond motifs is 1. The van der Waals surface area contributed by atoms with Crippen molar-refractivity contribution < 1.29 is 13.9 Å². The van der Waals surface area contributed by atoms with Crippen LogP contribution in [0.5, 0.6) is 0 Å². The Hall–Kier alpha value is -2.84. The van der Waals surface area contributed by atoms with Crippen LogP contribution in [0, 0.1) is 0 Å². The third-order valence-corrected chi connectivity index (χ3v) is 5.82. The van der Waals surface area contributed by atoms with Crippen LogP contribution >= 0.6 is 11.3 Å². The number of benzene rings is 1. The van der Waals surface area contributed by atoms with Gasteiger partial charge in [0.25, 0.3) is 6.47 Å². The summed E-state index contributed by atoms with van der Waals surface area (Å²) in [7, 11) is 2.10. The molecule has 0 unspecified atom stereocenters. The Balaban J connectivity index is 0.000000339. The van der Waals surface area contributed by atoms with E-state index in [1.165, 1.54) is 11.3 Å². The summed E-state index contributed by atoms with van der Waals surface area (Å²) in [5, 5.41) is 1.97. The van der Waals surface area contributed by atoms with E-state index in [2.05, 4.69) is 21.6 Å². The third-order valence-electron chi connectivity index (χ3n) is 4.84. The molecule has 0 amide bonds. The second-order valence-corrected chi connectivity index (χ2v) is 9.38. The lowest BCUT2D eigenvalue weighted by Gasteiger charge is -2.32. The molecule has 166 valence electrons. The second-order valence-electron chi connectivity index (χ2n) is 8.50. The van der Waals surface area contributed by atoms with Crippen LogP contribution in [-0.2, 0) is 9.53 Å². The van der Waals surface area contributed by atoms with Gasteiger partial charge in [-0.1, -0.05) is 12.1 Å². The van der Waals surface area contributed by atoms with E-state index in [1.54, 1.807) is 6.07 Å². The topological polar surface area (TPSA) is 89.0 Å². The van der Waals surface area contributed by atoms with Crippen molar-refractivity contribution in [1.29, 1.82) is 0 Å². The molecule has 0 saturated carbocycles. The number of hydrogen-bond donors (Lipinski definition) is 1. The molecule has 0 aliphatic carbocycles. The molecule has 2 aromatic heterocycles. The smallest absolute Gasteiger partial charge is 0.293 e. The molecule has 3 heterocycles. The lowest BCUT2D eigenvalue weighted by atomic mass is 10.1. The Labute approximate surface area is 186 Å². The quantitative estimate of drug-likeness (QED) is 0.486. The normalized spacial score (nSPS) is 14.8. The molecule has 0 bridgehead atoms. The van der Waals surface area contributed by atoms with Gasteiger partial charge < -0.3 is 24.7 Å². The van der Waals surface area contributed by atoms with E-state index in [-0.39, 0.29) is 11.0 Å². The van der Waals surface area contributed by atoms with Gasteiger partial charge in [0, 0.05) is 48.9 Å². The first-order valence-corrected chi connectivity index (χ1v) is 11.0. The molecular weight excluding hydrogens is 414 g/mol. The molecule has 1 fully saturated rings. The van der Waals surface area contributed by atoms with Gasteiger partial charge in [-0.15, -0.1) is 11.3 Å². The Morgan fingerprint density at radius 2 is 1.87 bits per heavy atom. The number of rotatable bonds is 3. The van der Waals surface area contributed by atoms with Gasteiger partial charge in [0.1, 0.15) is 10.3 Å². The zero-order valence-electron chi connectivity index (χ0n) is 18.4. The maximum absolute atomic E-state index is 12.5. The number of nitrogen functional groups attached to an aromatic ring is 1. The van der Waals surface area contributed by atoms with Crippen LogP contribution in [0.4, 0.5) is 11.6 Å². The number of carbonyl (C=O) groups is 1. The number of carbonyl (C=O) groups excluding carboxylic acids is 1. The Bertz CT molecular complexity index is 1090. The highest BCUT2D eigenvalue weighted by molar-refractivity contribution is 7.17. The summed E-state index contributed by atoms with van der Waals surface area (Å²) >= 11 is 1.42. The number of piperazine rings is 1. The summed E-state index contributed by atoms with van der Waals surface area (Å²) in [4.78, 5) is 26.5. The molecule has 2 N–H and O–H groups in total. The minimum Gasteiger partial charge on any atom is -0.462 e. The molecule has 1 saturated heterocycles. The first-order valence-electron chi connectivity index (χ1n) is 10.1. The van der Waals surface area contributed by atoms with Crippen molar-refractivity contribution in [3.8, 4) is 11.1 Å². The number of anilines is 2. The van der Waals surface area contributed by atoms with E-state index in [0.717, 1.165) is 37.3 Å². The molecule has 1 aromatic carbocycles. The fourth-order valence-corrected chi connectivity index (χ4v) is 4.08. The van der Waals surface area contributed by atoms with Crippen LogP contribution in [0.25, 0.3) is 21.4 Å². The Morgan fingerprint density at radius 3 is 2.45 bits per heavy atom. The fourth-order valence-electron chi connectivity index (χ4n) is 3.16. The predicted octanol–water partition coefficient (Wildman–Crippen LogP) is 3.81. The van der Waals surface area contributed by atoms with Crippen molar-refractivity contribution >= 4 is 39.7 Å². The largest absolute Gasteiger partial charge is 0.462 e. The van der Waals surface area contributed by atoms with E-state index in [0.29, 0.717) is 28.3 Å². The molecule has 0 atom stereocenters. The van der Waals surface area contributed by atoms with Gasteiger partial charge in [-0.2, -0.15) is 0 Å². The predicted molar refractivity (Wildman–Crippen MR) is 127 cm³/mol. The number of ether oxygens (including phenoxy) is 1. The molecule has 8 heteroatoms. The molecule has 0 radical (unpaired) electrons. The summed E-state index contributed by atoms with van der Waals surface area (Å²) in [6.07, 6.45) is 0. The molecule has 7 nitrogen and oxygen atoms in total. The maximum atomic E-state index is 12.5. The van der Waals surface area contributed by atoms with E-state index in [4.69, 9.17) is 10.2 Å². The van der Waals surface area contributed by atoms with Crippen LogP contribution in [-0.4, -0.2) is 50.2 Å². The Kier molecular flexibility index (Phi) is 7.02. The lowest BCUT2D eigenvalue weighted by Crippen LogP contribution is -2.44. The number of thiophene rings is 1. The van der Waals surface area contributed by atoms with Crippen molar-refractivity contribution in [2.45, 2.75) is 26.4 Å². The van der Waals surface area contributed by atoms with Crippen LogP contribution in [0.1, 0.15) is 20.8 Å². The summed E-state index contributed by atoms with van der Waals surface area (Å²) in [5.74, 6) is 0.657. The van der Waals surface area contributed by atoms with E-state index in [1.807, 2.05) is 50.4 Å². The van der Waals surface area contributed by atoms with Crippen molar-refractivity contribution in [1.82, 2.24) is 4.90 Å². The number of hydrogen-bond acceptors (Lipinski definition) is 8. The highest BCUT2D eigenvalue weighted by Gasteiger charge is 2.19. The molecule has 0 spiro atoms. The van der Waals surface area contributed by atoms with Crippen molar-refractivity contribution in [2.24, 2.45) is 0 Å². The molecular formula is C23H29N3O4S. The van der Waals surface area contributed by atoms with E-state index >= 15 is 0 Å². The minimum atomic E-state index is -0.318. The molecule has 1 aliphatic heterocycles. The maximum Gasteiger partial charge on any atom is 0.293 e. The van der Waals surface area contributed by atoms with Crippen LogP contribution in [0.15, 0.2) is 44.9 Å². The molecule has 3 aromatic rings. The van der Waals surface area contributed by atoms with Crippen molar-refractivity contribution in [2.75, 3.05) is 43.9 Å². The monoisotopic (exact) mass is 443 g/mol. The van der Waals surface area contributed by atoms with Crippen molar-refractivity contribution in [3.05, 3.63) is 45.9 Å². The van der Waals surface area contributed by atoms with E-state index in [9.17, 15) is 9.59 Å².